The Morgan fingerprint density at radius 1 is 1.24 bits per heavy atom. The second-order valence-electron chi connectivity index (χ2n) is 5.19. The van der Waals surface area contributed by atoms with Crippen LogP contribution in [0.1, 0.15) is 22.9 Å². The van der Waals surface area contributed by atoms with E-state index in [2.05, 4.69) is 15.9 Å². The summed E-state index contributed by atoms with van der Waals surface area (Å²) in [5.41, 5.74) is 8.99. The van der Waals surface area contributed by atoms with Crippen LogP contribution in [-0.2, 0) is 6.42 Å². The van der Waals surface area contributed by atoms with Crippen molar-refractivity contribution in [3.8, 4) is 0 Å². The number of fused-ring (bicyclic) bond motifs is 1. The third-order valence-corrected chi connectivity index (χ3v) is 4.25. The monoisotopic (exact) mass is 347 g/mol. The molecule has 0 bridgehead atoms. The molecule has 0 radical (unpaired) electrons. The van der Waals surface area contributed by atoms with Crippen molar-refractivity contribution < 1.29 is 8.81 Å². The summed E-state index contributed by atoms with van der Waals surface area (Å²) in [7, 11) is 0. The van der Waals surface area contributed by atoms with Crippen LogP contribution in [0.2, 0.25) is 0 Å². The zero-order chi connectivity index (χ0) is 15.0. The minimum atomic E-state index is -0.256. The molecule has 1 heterocycles. The van der Waals surface area contributed by atoms with Gasteiger partial charge < -0.3 is 10.2 Å². The molecule has 0 aliphatic carbocycles. The molecule has 4 heteroatoms. The van der Waals surface area contributed by atoms with E-state index in [1.807, 2.05) is 31.2 Å². The van der Waals surface area contributed by atoms with Gasteiger partial charge in [-0.2, -0.15) is 0 Å². The summed E-state index contributed by atoms with van der Waals surface area (Å²) in [5.74, 6) is 0.512. The normalized spacial score (nSPS) is 12.8. The second kappa shape index (κ2) is 5.62. The number of benzene rings is 2. The largest absolute Gasteiger partial charge is 0.458 e. The maximum Gasteiger partial charge on any atom is 0.148 e. The minimum absolute atomic E-state index is 0.225. The molecule has 1 unspecified atom stereocenters. The van der Waals surface area contributed by atoms with E-state index < -0.39 is 0 Å². The SMILES string of the molecule is Cc1cc(F)ccc1CC(N)c1cc2cccc(Br)c2o1. The smallest absolute Gasteiger partial charge is 0.148 e. The molecule has 2 aromatic carbocycles. The van der Waals surface area contributed by atoms with E-state index in [1.54, 1.807) is 6.07 Å². The Hall–Kier alpha value is -1.65. The van der Waals surface area contributed by atoms with Crippen molar-refractivity contribution in [2.24, 2.45) is 5.73 Å². The van der Waals surface area contributed by atoms with E-state index in [1.165, 1.54) is 12.1 Å². The van der Waals surface area contributed by atoms with Gasteiger partial charge in [0.15, 0.2) is 0 Å². The summed E-state index contributed by atoms with van der Waals surface area (Å²) < 4.78 is 19.9. The molecular weight excluding hydrogens is 333 g/mol. The first-order valence-corrected chi connectivity index (χ1v) is 7.52. The first kappa shape index (κ1) is 14.3. The van der Waals surface area contributed by atoms with E-state index in [9.17, 15) is 4.39 Å². The summed E-state index contributed by atoms with van der Waals surface area (Å²) in [5, 5.41) is 1.02. The van der Waals surface area contributed by atoms with Crippen molar-refractivity contribution in [1.29, 1.82) is 0 Å². The van der Waals surface area contributed by atoms with Gasteiger partial charge >= 0.3 is 0 Å². The van der Waals surface area contributed by atoms with E-state index in [-0.39, 0.29) is 11.9 Å². The minimum Gasteiger partial charge on any atom is -0.458 e. The number of para-hydroxylation sites is 1. The Kier molecular flexibility index (Phi) is 3.83. The first-order chi connectivity index (χ1) is 10.0. The van der Waals surface area contributed by atoms with Gasteiger partial charge in [0.2, 0.25) is 0 Å². The molecule has 0 amide bonds. The number of hydrogen-bond donors (Lipinski definition) is 1. The highest BCUT2D eigenvalue weighted by atomic mass is 79.9. The average molecular weight is 348 g/mol. The van der Waals surface area contributed by atoms with Gasteiger partial charge in [-0.1, -0.05) is 18.2 Å². The van der Waals surface area contributed by atoms with Crippen LogP contribution in [0, 0.1) is 12.7 Å². The summed E-state index contributed by atoms with van der Waals surface area (Å²) in [6.45, 7) is 1.89. The maximum absolute atomic E-state index is 13.1. The molecule has 1 atom stereocenters. The van der Waals surface area contributed by atoms with Crippen LogP contribution >= 0.6 is 15.9 Å². The summed E-state index contributed by atoms with van der Waals surface area (Å²) in [4.78, 5) is 0. The standard InChI is InChI=1S/C17H15BrFNO/c1-10-7-13(19)6-5-11(10)8-15(20)16-9-12-3-2-4-14(18)17(12)21-16/h2-7,9,15H,8,20H2,1H3. The van der Waals surface area contributed by atoms with Crippen LogP contribution in [0.15, 0.2) is 51.4 Å². The van der Waals surface area contributed by atoms with Gasteiger partial charge in [0.05, 0.1) is 10.5 Å². The fourth-order valence-corrected chi connectivity index (χ4v) is 2.92. The van der Waals surface area contributed by atoms with Gasteiger partial charge in [0.1, 0.15) is 17.2 Å². The number of aryl methyl sites for hydroxylation is 1. The summed E-state index contributed by atoms with van der Waals surface area (Å²) in [6.07, 6.45) is 0.615. The van der Waals surface area contributed by atoms with Gasteiger partial charge in [0, 0.05) is 5.39 Å². The molecule has 108 valence electrons. The van der Waals surface area contributed by atoms with Gasteiger partial charge in [-0.05, 0) is 64.7 Å². The molecule has 0 spiro atoms. The van der Waals surface area contributed by atoms with Crippen LogP contribution < -0.4 is 5.73 Å². The van der Waals surface area contributed by atoms with Crippen molar-refractivity contribution in [3.05, 3.63) is 69.6 Å². The Morgan fingerprint density at radius 2 is 2.05 bits per heavy atom. The Balaban J connectivity index is 1.90. The van der Waals surface area contributed by atoms with Crippen LogP contribution in [0.5, 0.6) is 0 Å². The quantitative estimate of drug-likeness (QED) is 0.732. The zero-order valence-corrected chi connectivity index (χ0v) is 13.2. The zero-order valence-electron chi connectivity index (χ0n) is 11.6. The molecule has 0 aliphatic rings. The summed E-state index contributed by atoms with van der Waals surface area (Å²) >= 11 is 3.47. The summed E-state index contributed by atoms with van der Waals surface area (Å²) in [6, 6.07) is 12.4. The van der Waals surface area contributed by atoms with Crippen LogP contribution in [0.4, 0.5) is 4.39 Å². The van der Waals surface area contributed by atoms with E-state index in [4.69, 9.17) is 10.2 Å². The lowest BCUT2D eigenvalue weighted by molar-refractivity contribution is 0.492. The molecule has 3 aromatic rings. The topological polar surface area (TPSA) is 39.2 Å². The van der Waals surface area contributed by atoms with Crippen LogP contribution in [0.3, 0.4) is 0 Å². The van der Waals surface area contributed by atoms with Gasteiger partial charge in [0.25, 0.3) is 0 Å². The Labute approximate surface area is 130 Å². The molecule has 0 aliphatic heterocycles. The van der Waals surface area contributed by atoms with Crippen molar-refractivity contribution >= 4 is 26.9 Å². The molecular formula is C17H15BrFNO. The third-order valence-electron chi connectivity index (χ3n) is 3.63. The highest BCUT2D eigenvalue weighted by Crippen LogP contribution is 2.30. The number of furan rings is 1. The number of hydrogen-bond acceptors (Lipinski definition) is 2. The van der Waals surface area contributed by atoms with E-state index in [0.29, 0.717) is 6.42 Å². The van der Waals surface area contributed by atoms with Gasteiger partial charge in [-0.3, -0.25) is 0 Å². The van der Waals surface area contributed by atoms with Crippen LogP contribution in [0.25, 0.3) is 11.0 Å². The fourth-order valence-electron chi connectivity index (χ4n) is 2.46. The van der Waals surface area contributed by atoms with Gasteiger partial charge in [-0.15, -0.1) is 0 Å². The molecule has 2 nitrogen and oxygen atoms in total. The molecule has 1 aromatic heterocycles. The third kappa shape index (κ3) is 2.87. The lowest BCUT2D eigenvalue weighted by Crippen LogP contribution is -2.13. The number of nitrogens with two attached hydrogens (primary N) is 1. The molecule has 0 saturated carbocycles. The number of rotatable bonds is 3. The fraction of sp³-hybridized carbons (Fsp3) is 0.176. The first-order valence-electron chi connectivity index (χ1n) is 6.73. The highest BCUT2D eigenvalue weighted by Gasteiger charge is 2.15. The van der Waals surface area contributed by atoms with E-state index in [0.717, 1.165) is 32.3 Å². The Bertz CT molecular complexity index is 797. The van der Waals surface area contributed by atoms with Crippen molar-refractivity contribution in [2.75, 3.05) is 0 Å². The maximum atomic E-state index is 13.1. The molecule has 21 heavy (non-hydrogen) atoms. The number of halogens is 2. The van der Waals surface area contributed by atoms with E-state index >= 15 is 0 Å². The average Bonchev–Trinajstić information content (AvgIpc) is 2.87. The second-order valence-corrected chi connectivity index (χ2v) is 6.04. The molecule has 3 rings (SSSR count). The van der Waals surface area contributed by atoms with Crippen LogP contribution in [-0.4, -0.2) is 0 Å². The lowest BCUT2D eigenvalue weighted by Gasteiger charge is -2.11. The molecule has 2 N–H and O–H groups in total. The van der Waals surface area contributed by atoms with Crippen molar-refractivity contribution in [1.82, 2.24) is 0 Å². The van der Waals surface area contributed by atoms with Crippen molar-refractivity contribution in [2.45, 2.75) is 19.4 Å². The Morgan fingerprint density at radius 3 is 2.76 bits per heavy atom. The highest BCUT2D eigenvalue weighted by molar-refractivity contribution is 9.10. The predicted molar refractivity (Wildman–Crippen MR) is 85.7 cm³/mol. The lowest BCUT2D eigenvalue weighted by atomic mass is 10.00. The predicted octanol–water partition coefficient (Wildman–Crippen LogP) is 4.89. The molecule has 0 saturated heterocycles. The van der Waals surface area contributed by atoms with Gasteiger partial charge in [-0.25, -0.2) is 4.39 Å². The molecule has 0 fully saturated rings. The van der Waals surface area contributed by atoms with Crippen molar-refractivity contribution in [3.63, 3.8) is 0 Å².